The van der Waals surface area contributed by atoms with Gasteiger partial charge in [-0.15, -0.1) is 0 Å². The van der Waals surface area contributed by atoms with Crippen molar-refractivity contribution in [3.63, 3.8) is 0 Å². The molecule has 0 bridgehead atoms. The van der Waals surface area contributed by atoms with E-state index in [4.69, 9.17) is 9.26 Å². The molecule has 0 saturated carbocycles. The third-order valence-electron chi connectivity index (χ3n) is 5.05. The van der Waals surface area contributed by atoms with Crippen LogP contribution in [-0.2, 0) is 6.54 Å². The second-order valence-electron chi connectivity index (χ2n) is 6.95. The minimum Gasteiger partial charge on any atom is -0.493 e. The quantitative estimate of drug-likeness (QED) is 0.433. The van der Waals surface area contributed by atoms with E-state index in [9.17, 15) is 10.1 Å². The lowest BCUT2D eigenvalue weighted by Gasteiger charge is -2.35. The second kappa shape index (κ2) is 8.91. The molecule has 156 valence electrons. The van der Waals surface area contributed by atoms with Crippen LogP contribution >= 0.6 is 0 Å². The molecule has 30 heavy (non-hydrogen) atoms. The van der Waals surface area contributed by atoms with Gasteiger partial charge in [-0.05, 0) is 25.1 Å². The molecule has 3 aromatic rings. The zero-order valence-corrected chi connectivity index (χ0v) is 16.7. The Balaban J connectivity index is 1.39. The lowest BCUT2D eigenvalue weighted by molar-refractivity contribution is -0.384. The van der Waals surface area contributed by atoms with Gasteiger partial charge >= 0.3 is 0 Å². The molecule has 1 aromatic heterocycles. The van der Waals surface area contributed by atoms with Gasteiger partial charge in [0, 0.05) is 32.2 Å². The zero-order valence-electron chi connectivity index (χ0n) is 16.7. The summed E-state index contributed by atoms with van der Waals surface area (Å²) in [5.41, 5.74) is 1.60. The van der Waals surface area contributed by atoms with Crippen LogP contribution in [0.25, 0.3) is 11.4 Å². The summed E-state index contributed by atoms with van der Waals surface area (Å²) in [7, 11) is 0. The smallest absolute Gasteiger partial charge is 0.292 e. The van der Waals surface area contributed by atoms with E-state index in [0.29, 0.717) is 43.6 Å². The maximum atomic E-state index is 11.3. The number of hydrogen-bond acceptors (Lipinski definition) is 8. The molecule has 0 aliphatic carbocycles. The van der Waals surface area contributed by atoms with Gasteiger partial charge < -0.3 is 14.2 Å². The number of ether oxygens (including phenoxy) is 1. The van der Waals surface area contributed by atoms with Gasteiger partial charge in [-0.25, -0.2) is 0 Å². The van der Waals surface area contributed by atoms with Crippen LogP contribution < -0.4 is 9.64 Å². The van der Waals surface area contributed by atoms with E-state index in [2.05, 4.69) is 15.0 Å². The second-order valence-corrected chi connectivity index (χ2v) is 6.95. The fourth-order valence-corrected chi connectivity index (χ4v) is 3.59. The molecule has 2 aromatic carbocycles. The summed E-state index contributed by atoms with van der Waals surface area (Å²) in [5.74, 6) is 1.77. The maximum Gasteiger partial charge on any atom is 0.292 e. The van der Waals surface area contributed by atoms with Gasteiger partial charge in [0.1, 0.15) is 11.4 Å². The van der Waals surface area contributed by atoms with Gasteiger partial charge in [-0.2, -0.15) is 4.98 Å². The molecule has 4 rings (SSSR count). The number of aromatic nitrogens is 2. The number of benzene rings is 2. The van der Waals surface area contributed by atoms with Gasteiger partial charge in [0.2, 0.25) is 11.7 Å². The van der Waals surface area contributed by atoms with Crippen molar-refractivity contribution in [1.29, 1.82) is 0 Å². The highest BCUT2D eigenvalue weighted by Crippen LogP contribution is 2.29. The summed E-state index contributed by atoms with van der Waals surface area (Å²) in [4.78, 5) is 19.7. The predicted molar refractivity (Wildman–Crippen MR) is 111 cm³/mol. The third kappa shape index (κ3) is 4.25. The summed E-state index contributed by atoms with van der Waals surface area (Å²) in [6.07, 6.45) is 0. The molecule has 9 nitrogen and oxygen atoms in total. The van der Waals surface area contributed by atoms with Crippen molar-refractivity contribution in [1.82, 2.24) is 15.0 Å². The molecule has 1 fully saturated rings. The molecular weight excluding hydrogens is 386 g/mol. The molecular formula is C21H23N5O4. The number of nitrogens with zero attached hydrogens (tertiary/aromatic N) is 5. The van der Waals surface area contributed by atoms with Crippen molar-refractivity contribution >= 4 is 11.4 Å². The first-order valence-electron chi connectivity index (χ1n) is 9.91. The molecule has 1 aliphatic rings. The highest BCUT2D eigenvalue weighted by Gasteiger charge is 2.24. The first-order chi connectivity index (χ1) is 14.7. The molecule has 2 heterocycles. The van der Waals surface area contributed by atoms with Crippen LogP contribution in [0.5, 0.6) is 5.75 Å². The highest BCUT2D eigenvalue weighted by molar-refractivity contribution is 5.64. The standard InChI is InChI=1S/C21H23N5O4/c1-2-29-19-10-6-3-7-16(19)21-22-20(30-23-21)15-24-11-13-25(14-12-24)17-8-4-5-9-18(17)26(27)28/h3-10H,2,11-15H2,1H3. The number of rotatable bonds is 7. The Morgan fingerprint density at radius 1 is 1.10 bits per heavy atom. The van der Waals surface area contributed by atoms with E-state index in [0.717, 1.165) is 24.4 Å². The van der Waals surface area contributed by atoms with Gasteiger partial charge in [0.05, 0.1) is 23.6 Å². The molecule has 1 saturated heterocycles. The minimum absolute atomic E-state index is 0.139. The van der Waals surface area contributed by atoms with Crippen LogP contribution in [0.15, 0.2) is 53.1 Å². The molecule has 0 atom stereocenters. The van der Waals surface area contributed by atoms with Crippen molar-refractivity contribution in [3.8, 4) is 17.1 Å². The number of nitro groups is 1. The Hall–Kier alpha value is -3.46. The maximum absolute atomic E-state index is 11.3. The Bertz CT molecular complexity index is 1010. The fraction of sp³-hybridized carbons (Fsp3) is 0.333. The summed E-state index contributed by atoms with van der Waals surface area (Å²) in [5, 5.41) is 15.4. The van der Waals surface area contributed by atoms with Crippen molar-refractivity contribution in [2.75, 3.05) is 37.7 Å². The monoisotopic (exact) mass is 409 g/mol. The van der Waals surface area contributed by atoms with Crippen LogP contribution in [0.3, 0.4) is 0 Å². The number of para-hydroxylation sites is 3. The van der Waals surface area contributed by atoms with E-state index >= 15 is 0 Å². The van der Waals surface area contributed by atoms with E-state index in [1.807, 2.05) is 42.2 Å². The molecule has 9 heteroatoms. The van der Waals surface area contributed by atoms with Crippen molar-refractivity contribution in [3.05, 3.63) is 64.5 Å². The SMILES string of the molecule is CCOc1ccccc1-c1noc(CN2CCN(c3ccccc3[N+](=O)[O-])CC2)n1. The van der Waals surface area contributed by atoms with E-state index in [1.165, 1.54) is 0 Å². The zero-order chi connectivity index (χ0) is 20.9. The fourth-order valence-electron chi connectivity index (χ4n) is 3.59. The summed E-state index contributed by atoms with van der Waals surface area (Å²) >= 11 is 0. The minimum atomic E-state index is -0.332. The summed E-state index contributed by atoms with van der Waals surface area (Å²) in [6, 6.07) is 14.5. The van der Waals surface area contributed by atoms with E-state index in [-0.39, 0.29) is 10.6 Å². The van der Waals surface area contributed by atoms with Crippen molar-refractivity contribution in [2.45, 2.75) is 13.5 Å². The first kappa shape index (κ1) is 19.8. The van der Waals surface area contributed by atoms with Crippen LogP contribution in [0.2, 0.25) is 0 Å². The lowest BCUT2D eigenvalue weighted by Crippen LogP contribution is -2.46. The van der Waals surface area contributed by atoms with Crippen molar-refractivity contribution < 1.29 is 14.2 Å². The molecule has 0 N–H and O–H groups in total. The van der Waals surface area contributed by atoms with Crippen LogP contribution in [0.4, 0.5) is 11.4 Å². The largest absolute Gasteiger partial charge is 0.493 e. The number of piperazine rings is 1. The van der Waals surface area contributed by atoms with Gasteiger partial charge in [-0.1, -0.05) is 29.4 Å². The van der Waals surface area contributed by atoms with Gasteiger partial charge in [0.25, 0.3) is 5.69 Å². The van der Waals surface area contributed by atoms with Crippen molar-refractivity contribution in [2.24, 2.45) is 0 Å². The van der Waals surface area contributed by atoms with E-state index in [1.54, 1.807) is 18.2 Å². The molecule has 0 radical (unpaired) electrons. The highest BCUT2D eigenvalue weighted by atomic mass is 16.6. The average molecular weight is 409 g/mol. The Kier molecular flexibility index (Phi) is 5.89. The number of hydrogen-bond donors (Lipinski definition) is 0. The molecule has 1 aliphatic heterocycles. The predicted octanol–water partition coefficient (Wildman–Crippen LogP) is 3.37. The molecule has 0 amide bonds. The summed E-state index contributed by atoms with van der Waals surface area (Å²) in [6.45, 7) is 5.92. The average Bonchev–Trinajstić information content (AvgIpc) is 3.23. The summed E-state index contributed by atoms with van der Waals surface area (Å²) < 4.78 is 11.1. The molecule has 0 unspecified atom stereocenters. The first-order valence-corrected chi connectivity index (χ1v) is 9.91. The van der Waals surface area contributed by atoms with Crippen LogP contribution in [-0.4, -0.2) is 52.7 Å². The Morgan fingerprint density at radius 3 is 2.60 bits per heavy atom. The Morgan fingerprint density at radius 2 is 1.83 bits per heavy atom. The lowest BCUT2D eigenvalue weighted by atomic mass is 10.2. The number of nitro benzene ring substituents is 1. The Labute approximate surface area is 174 Å². The van der Waals surface area contributed by atoms with Crippen LogP contribution in [0.1, 0.15) is 12.8 Å². The van der Waals surface area contributed by atoms with Crippen LogP contribution in [0, 0.1) is 10.1 Å². The van der Waals surface area contributed by atoms with E-state index < -0.39 is 0 Å². The number of anilines is 1. The topological polar surface area (TPSA) is 97.8 Å². The third-order valence-corrected chi connectivity index (χ3v) is 5.05. The van der Waals surface area contributed by atoms with Gasteiger partial charge in [-0.3, -0.25) is 15.0 Å². The normalized spacial score (nSPS) is 14.6. The van der Waals surface area contributed by atoms with Gasteiger partial charge in [0.15, 0.2) is 0 Å². The molecule has 0 spiro atoms.